The summed E-state index contributed by atoms with van der Waals surface area (Å²) in [7, 11) is 0. The second-order valence-electron chi connectivity index (χ2n) is 5.20. The molecule has 0 heterocycles. The molecule has 0 aromatic heterocycles. The van der Waals surface area contributed by atoms with Gasteiger partial charge in [-0.15, -0.1) is 0 Å². The summed E-state index contributed by atoms with van der Waals surface area (Å²) in [5.74, 6) is 0. The molecule has 0 bridgehead atoms. The van der Waals surface area contributed by atoms with Crippen LogP contribution in [0, 0.1) is 13.8 Å². The van der Waals surface area contributed by atoms with Crippen molar-refractivity contribution in [2.24, 2.45) is 0 Å². The van der Waals surface area contributed by atoms with Crippen molar-refractivity contribution in [2.45, 2.75) is 20.3 Å². The van der Waals surface area contributed by atoms with E-state index in [0.717, 1.165) is 34.8 Å². The van der Waals surface area contributed by atoms with Gasteiger partial charge in [0.2, 0.25) is 0 Å². The van der Waals surface area contributed by atoms with Crippen LogP contribution in [0.5, 0.6) is 0 Å². The summed E-state index contributed by atoms with van der Waals surface area (Å²) in [6, 6.07) is 11.8. The number of hydrogen-bond acceptors (Lipinski definition) is 1. The summed E-state index contributed by atoms with van der Waals surface area (Å²) in [6.45, 7) is 4.76. The lowest BCUT2D eigenvalue weighted by molar-refractivity contribution is 0.873. The molecule has 2 nitrogen and oxygen atoms in total. The van der Waals surface area contributed by atoms with Crippen LogP contribution < -0.4 is 10.6 Å². The van der Waals surface area contributed by atoms with E-state index in [1.54, 1.807) is 0 Å². The first-order valence-corrected chi connectivity index (χ1v) is 8.18. The van der Waals surface area contributed by atoms with Gasteiger partial charge in [-0.2, -0.15) is 0 Å². The Morgan fingerprint density at radius 1 is 1.14 bits per heavy atom. The van der Waals surface area contributed by atoms with Crippen molar-refractivity contribution >= 4 is 46.2 Å². The Labute approximate surface area is 146 Å². The van der Waals surface area contributed by atoms with Gasteiger partial charge in [-0.1, -0.05) is 41.4 Å². The van der Waals surface area contributed by atoms with E-state index in [4.69, 9.17) is 35.4 Å². The minimum atomic E-state index is 0.566. The molecule has 2 rings (SSSR count). The first-order valence-electron chi connectivity index (χ1n) is 7.02. The van der Waals surface area contributed by atoms with Crippen molar-refractivity contribution in [3.63, 3.8) is 0 Å². The second-order valence-corrected chi connectivity index (χ2v) is 6.45. The Bertz CT molecular complexity index is 663. The van der Waals surface area contributed by atoms with Crippen molar-refractivity contribution in [1.29, 1.82) is 0 Å². The molecule has 0 fully saturated rings. The minimum Gasteiger partial charge on any atom is -0.362 e. The number of hydrogen-bond donors (Lipinski definition) is 2. The van der Waals surface area contributed by atoms with Crippen LogP contribution in [-0.4, -0.2) is 11.7 Å². The van der Waals surface area contributed by atoms with Crippen LogP contribution in [0.25, 0.3) is 0 Å². The highest BCUT2D eigenvalue weighted by Crippen LogP contribution is 2.27. The highest BCUT2D eigenvalue weighted by Gasteiger charge is 2.07. The first kappa shape index (κ1) is 17.1. The van der Waals surface area contributed by atoms with Crippen LogP contribution in [0.1, 0.15) is 16.7 Å². The zero-order valence-corrected chi connectivity index (χ0v) is 14.9. The Balaban J connectivity index is 1.89. The van der Waals surface area contributed by atoms with Crippen molar-refractivity contribution in [3.05, 3.63) is 63.1 Å². The smallest absolute Gasteiger partial charge is 0.170 e. The van der Waals surface area contributed by atoms with Crippen LogP contribution in [0.2, 0.25) is 10.0 Å². The van der Waals surface area contributed by atoms with Gasteiger partial charge in [-0.3, -0.25) is 0 Å². The number of rotatable bonds is 4. The van der Waals surface area contributed by atoms with Gasteiger partial charge in [0.1, 0.15) is 0 Å². The zero-order valence-electron chi connectivity index (χ0n) is 12.5. The molecule has 2 aromatic rings. The Morgan fingerprint density at radius 2 is 1.91 bits per heavy atom. The van der Waals surface area contributed by atoms with Crippen LogP contribution >= 0.6 is 35.4 Å². The van der Waals surface area contributed by atoms with Gasteiger partial charge in [0, 0.05) is 11.6 Å². The van der Waals surface area contributed by atoms with E-state index in [1.165, 1.54) is 5.56 Å². The number of thiocarbonyl (C=S) groups is 1. The molecule has 0 aliphatic heterocycles. The molecular formula is C17H18Cl2N2S. The van der Waals surface area contributed by atoms with Gasteiger partial charge in [0.15, 0.2) is 5.11 Å². The second kappa shape index (κ2) is 7.82. The fraction of sp³-hybridized carbons (Fsp3) is 0.235. The summed E-state index contributed by atoms with van der Waals surface area (Å²) in [5.41, 5.74) is 4.23. The number of aryl methyl sites for hydroxylation is 2. The van der Waals surface area contributed by atoms with Crippen molar-refractivity contribution in [2.75, 3.05) is 11.9 Å². The summed E-state index contributed by atoms with van der Waals surface area (Å²) in [4.78, 5) is 0. The van der Waals surface area contributed by atoms with Crippen LogP contribution in [0.15, 0.2) is 36.4 Å². The van der Waals surface area contributed by atoms with Crippen molar-refractivity contribution in [3.8, 4) is 0 Å². The Kier molecular flexibility index (Phi) is 6.07. The van der Waals surface area contributed by atoms with E-state index in [9.17, 15) is 0 Å². The fourth-order valence-electron chi connectivity index (χ4n) is 2.24. The third-order valence-electron chi connectivity index (χ3n) is 3.26. The SMILES string of the molecule is Cc1cc(C)c(NC(=S)NCCc2cccc(Cl)c2)c(Cl)c1. The van der Waals surface area contributed by atoms with Gasteiger partial charge in [0.05, 0.1) is 10.7 Å². The fourth-order valence-corrected chi connectivity index (χ4v) is 3.03. The number of nitrogens with one attached hydrogen (secondary N) is 2. The summed E-state index contributed by atoms with van der Waals surface area (Å²) >= 11 is 17.6. The Morgan fingerprint density at radius 3 is 2.59 bits per heavy atom. The quantitative estimate of drug-likeness (QED) is 0.745. The maximum absolute atomic E-state index is 6.26. The number of benzene rings is 2. The molecule has 5 heteroatoms. The van der Waals surface area contributed by atoms with E-state index in [0.29, 0.717) is 10.1 Å². The number of anilines is 1. The average molecular weight is 353 g/mol. The highest BCUT2D eigenvalue weighted by atomic mass is 35.5. The van der Waals surface area contributed by atoms with Gasteiger partial charge in [-0.25, -0.2) is 0 Å². The first-order chi connectivity index (χ1) is 10.5. The summed E-state index contributed by atoms with van der Waals surface area (Å²) < 4.78 is 0. The van der Waals surface area contributed by atoms with Gasteiger partial charge < -0.3 is 10.6 Å². The Hall–Kier alpha value is -1.29. The predicted molar refractivity (Wildman–Crippen MR) is 100 cm³/mol. The molecule has 0 saturated heterocycles. The molecule has 2 aromatic carbocycles. The van der Waals surface area contributed by atoms with E-state index >= 15 is 0 Å². The minimum absolute atomic E-state index is 0.566. The molecule has 2 N–H and O–H groups in total. The molecule has 0 unspecified atom stereocenters. The molecule has 0 spiro atoms. The van der Waals surface area contributed by atoms with E-state index < -0.39 is 0 Å². The third kappa shape index (κ3) is 4.87. The standard InChI is InChI=1S/C17H18Cl2N2S/c1-11-8-12(2)16(15(19)9-11)21-17(22)20-7-6-13-4-3-5-14(18)10-13/h3-5,8-10H,6-7H2,1-2H3,(H2,20,21,22). The average Bonchev–Trinajstić information content (AvgIpc) is 2.43. The van der Waals surface area contributed by atoms with Gasteiger partial charge in [0.25, 0.3) is 0 Å². The van der Waals surface area contributed by atoms with Crippen LogP contribution in [0.3, 0.4) is 0 Å². The summed E-state index contributed by atoms with van der Waals surface area (Å²) in [6.07, 6.45) is 0.850. The lowest BCUT2D eigenvalue weighted by Crippen LogP contribution is -2.30. The molecule has 0 aliphatic carbocycles. The predicted octanol–water partition coefficient (Wildman–Crippen LogP) is 5.14. The van der Waals surface area contributed by atoms with Crippen LogP contribution in [0.4, 0.5) is 5.69 Å². The van der Waals surface area contributed by atoms with Gasteiger partial charge >= 0.3 is 0 Å². The van der Waals surface area contributed by atoms with E-state index in [-0.39, 0.29) is 0 Å². The molecule has 0 saturated carbocycles. The lowest BCUT2D eigenvalue weighted by Gasteiger charge is -2.14. The number of halogens is 2. The largest absolute Gasteiger partial charge is 0.362 e. The van der Waals surface area contributed by atoms with Crippen molar-refractivity contribution < 1.29 is 0 Å². The summed E-state index contributed by atoms with van der Waals surface area (Å²) in [5, 5.41) is 8.35. The van der Waals surface area contributed by atoms with Crippen LogP contribution in [-0.2, 0) is 6.42 Å². The van der Waals surface area contributed by atoms with Gasteiger partial charge in [-0.05, 0) is 67.4 Å². The molecule has 116 valence electrons. The molecule has 0 radical (unpaired) electrons. The van der Waals surface area contributed by atoms with Crippen molar-refractivity contribution in [1.82, 2.24) is 5.32 Å². The zero-order chi connectivity index (χ0) is 16.1. The van der Waals surface area contributed by atoms with E-state index in [1.807, 2.05) is 44.2 Å². The monoisotopic (exact) mass is 352 g/mol. The molecule has 0 atom stereocenters. The molecule has 0 aliphatic rings. The highest BCUT2D eigenvalue weighted by molar-refractivity contribution is 7.80. The lowest BCUT2D eigenvalue weighted by atomic mass is 10.1. The topological polar surface area (TPSA) is 24.1 Å². The molecule has 0 amide bonds. The molecular weight excluding hydrogens is 335 g/mol. The van der Waals surface area contributed by atoms with E-state index in [2.05, 4.69) is 16.7 Å². The third-order valence-corrected chi connectivity index (χ3v) is 4.04. The maximum atomic E-state index is 6.26. The molecule has 22 heavy (non-hydrogen) atoms. The normalized spacial score (nSPS) is 10.4. The maximum Gasteiger partial charge on any atom is 0.170 e.